The first kappa shape index (κ1) is 12.4. The van der Waals surface area contributed by atoms with Crippen molar-refractivity contribution in [2.24, 2.45) is 7.05 Å². The Bertz CT molecular complexity index is 727. The van der Waals surface area contributed by atoms with E-state index < -0.39 is 0 Å². The van der Waals surface area contributed by atoms with Gasteiger partial charge in [-0.15, -0.1) is 0 Å². The molecule has 0 spiro atoms. The molecule has 0 radical (unpaired) electrons. The molecule has 6 heteroatoms. The highest BCUT2D eigenvalue weighted by atomic mass is 16.5. The van der Waals surface area contributed by atoms with Crippen LogP contribution in [0.4, 0.5) is 5.82 Å². The zero-order valence-electron chi connectivity index (χ0n) is 10.9. The fourth-order valence-electron chi connectivity index (χ4n) is 2.16. The number of benzene rings is 1. The quantitative estimate of drug-likeness (QED) is 0.896. The standard InChI is InChI=1S/C14H12N4O2/c1-18-13(12(5-15)6-16-18)17-14(19)9-2-3-10-7-20-8-11(10)4-9/h2-4,6H,7-8H2,1H3,(H,17,19). The van der Waals surface area contributed by atoms with E-state index in [1.165, 1.54) is 10.9 Å². The number of fused-ring (bicyclic) bond motifs is 1. The molecule has 1 aliphatic heterocycles. The van der Waals surface area contributed by atoms with Crippen LogP contribution in [-0.4, -0.2) is 15.7 Å². The zero-order valence-corrected chi connectivity index (χ0v) is 10.9. The molecule has 1 aromatic heterocycles. The van der Waals surface area contributed by atoms with Crippen LogP contribution in [0.15, 0.2) is 24.4 Å². The lowest BCUT2D eigenvalue weighted by Gasteiger charge is -2.07. The number of hydrogen-bond acceptors (Lipinski definition) is 4. The molecular weight excluding hydrogens is 256 g/mol. The van der Waals surface area contributed by atoms with E-state index in [0.717, 1.165) is 11.1 Å². The minimum absolute atomic E-state index is 0.264. The van der Waals surface area contributed by atoms with Crippen molar-refractivity contribution in [3.63, 3.8) is 0 Å². The summed E-state index contributed by atoms with van der Waals surface area (Å²) >= 11 is 0. The lowest BCUT2D eigenvalue weighted by molar-refractivity contribution is 0.102. The molecule has 2 heterocycles. The summed E-state index contributed by atoms with van der Waals surface area (Å²) < 4.78 is 6.79. The molecule has 1 amide bonds. The maximum absolute atomic E-state index is 12.2. The molecule has 1 N–H and O–H groups in total. The molecule has 2 aromatic rings. The zero-order chi connectivity index (χ0) is 14.1. The first-order valence-electron chi connectivity index (χ1n) is 6.12. The van der Waals surface area contributed by atoms with Gasteiger partial charge < -0.3 is 10.1 Å². The smallest absolute Gasteiger partial charge is 0.256 e. The Labute approximate surface area is 115 Å². The molecule has 0 aliphatic carbocycles. The number of carbonyl (C=O) groups excluding carboxylic acids is 1. The number of rotatable bonds is 2. The van der Waals surface area contributed by atoms with Crippen LogP contribution in [-0.2, 0) is 25.0 Å². The Hall–Kier alpha value is -2.65. The fourth-order valence-corrected chi connectivity index (χ4v) is 2.16. The Kier molecular flexibility index (Phi) is 2.97. The Morgan fingerprint density at radius 3 is 3.05 bits per heavy atom. The van der Waals surface area contributed by atoms with Crippen LogP contribution in [0.25, 0.3) is 0 Å². The Balaban J connectivity index is 1.87. The molecule has 0 atom stereocenters. The number of amides is 1. The molecule has 0 bridgehead atoms. The normalized spacial score (nSPS) is 12.8. The van der Waals surface area contributed by atoms with Crippen LogP contribution in [0.1, 0.15) is 27.0 Å². The van der Waals surface area contributed by atoms with Crippen LogP contribution >= 0.6 is 0 Å². The van der Waals surface area contributed by atoms with Crippen LogP contribution in [0.2, 0.25) is 0 Å². The third-order valence-electron chi connectivity index (χ3n) is 3.27. The molecule has 20 heavy (non-hydrogen) atoms. The van der Waals surface area contributed by atoms with Gasteiger partial charge in [-0.1, -0.05) is 6.07 Å². The van der Waals surface area contributed by atoms with Crippen LogP contribution in [0.3, 0.4) is 0 Å². The number of nitrogens with one attached hydrogen (secondary N) is 1. The second-order valence-electron chi connectivity index (χ2n) is 4.57. The number of nitrogens with zero attached hydrogens (tertiary/aromatic N) is 3. The summed E-state index contributed by atoms with van der Waals surface area (Å²) in [5.41, 5.74) is 3.02. The van der Waals surface area contributed by atoms with Gasteiger partial charge in [-0.2, -0.15) is 10.4 Å². The Morgan fingerprint density at radius 2 is 2.25 bits per heavy atom. The predicted octanol–water partition coefficient (Wildman–Crippen LogP) is 1.57. The van der Waals surface area contributed by atoms with Crippen molar-refractivity contribution in [2.45, 2.75) is 13.2 Å². The second-order valence-corrected chi connectivity index (χ2v) is 4.57. The number of anilines is 1. The lowest BCUT2D eigenvalue weighted by Crippen LogP contribution is -2.15. The number of carbonyl (C=O) groups is 1. The fraction of sp³-hybridized carbons (Fsp3) is 0.214. The molecule has 0 saturated heterocycles. The summed E-state index contributed by atoms with van der Waals surface area (Å²) in [4.78, 5) is 12.2. The van der Waals surface area contributed by atoms with E-state index in [1.54, 1.807) is 13.1 Å². The summed E-state index contributed by atoms with van der Waals surface area (Å²) in [7, 11) is 1.67. The van der Waals surface area contributed by atoms with Crippen molar-refractivity contribution >= 4 is 11.7 Å². The van der Waals surface area contributed by atoms with Gasteiger partial charge in [0.2, 0.25) is 0 Å². The summed E-state index contributed by atoms with van der Waals surface area (Å²) in [5, 5.41) is 15.6. The first-order chi connectivity index (χ1) is 9.69. The summed E-state index contributed by atoms with van der Waals surface area (Å²) in [5.74, 6) is 0.133. The maximum Gasteiger partial charge on any atom is 0.256 e. The molecule has 0 unspecified atom stereocenters. The van der Waals surface area contributed by atoms with Crippen molar-refractivity contribution in [1.82, 2.24) is 9.78 Å². The monoisotopic (exact) mass is 268 g/mol. The van der Waals surface area contributed by atoms with Gasteiger partial charge in [0.05, 0.1) is 19.4 Å². The molecule has 0 fully saturated rings. The van der Waals surface area contributed by atoms with Gasteiger partial charge in [0.1, 0.15) is 17.5 Å². The second kappa shape index (κ2) is 4.79. The van der Waals surface area contributed by atoms with Gasteiger partial charge in [-0.05, 0) is 23.3 Å². The summed E-state index contributed by atoms with van der Waals surface area (Å²) in [6, 6.07) is 7.47. The third-order valence-corrected chi connectivity index (χ3v) is 3.27. The minimum Gasteiger partial charge on any atom is -0.372 e. The molecule has 3 rings (SSSR count). The highest BCUT2D eigenvalue weighted by molar-refractivity contribution is 6.04. The van der Waals surface area contributed by atoms with E-state index in [9.17, 15) is 4.79 Å². The molecule has 6 nitrogen and oxygen atoms in total. The van der Waals surface area contributed by atoms with Crippen molar-refractivity contribution in [2.75, 3.05) is 5.32 Å². The number of hydrogen-bond donors (Lipinski definition) is 1. The number of nitriles is 1. The van der Waals surface area contributed by atoms with E-state index in [4.69, 9.17) is 10.00 Å². The van der Waals surface area contributed by atoms with E-state index in [1.807, 2.05) is 18.2 Å². The van der Waals surface area contributed by atoms with Gasteiger partial charge in [-0.25, -0.2) is 0 Å². The lowest BCUT2D eigenvalue weighted by atomic mass is 10.1. The van der Waals surface area contributed by atoms with Gasteiger partial charge >= 0.3 is 0 Å². The van der Waals surface area contributed by atoms with E-state index >= 15 is 0 Å². The van der Waals surface area contributed by atoms with Crippen LogP contribution < -0.4 is 5.32 Å². The van der Waals surface area contributed by atoms with Crippen LogP contribution in [0.5, 0.6) is 0 Å². The van der Waals surface area contributed by atoms with Crippen LogP contribution in [0, 0.1) is 11.3 Å². The largest absolute Gasteiger partial charge is 0.372 e. The van der Waals surface area contributed by atoms with E-state index in [0.29, 0.717) is 30.2 Å². The SMILES string of the molecule is Cn1ncc(C#N)c1NC(=O)c1ccc2c(c1)COC2. The molecule has 100 valence electrons. The molecule has 0 saturated carbocycles. The van der Waals surface area contributed by atoms with Gasteiger partial charge in [0.15, 0.2) is 0 Å². The number of aromatic nitrogens is 2. The topological polar surface area (TPSA) is 79.9 Å². The minimum atomic E-state index is -0.264. The first-order valence-corrected chi connectivity index (χ1v) is 6.12. The molecule has 1 aliphatic rings. The number of ether oxygens (including phenoxy) is 1. The van der Waals surface area contributed by atoms with E-state index in [-0.39, 0.29) is 5.91 Å². The summed E-state index contributed by atoms with van der Waals surface area (Å²) in [6.07, 6.45) is 1.42. The van der Waals surface area contributed by atoms with Crippen molar-refractivity contribution in [1.29, 1.82) is 5.26 Å². The van der Waals surface area contributed by atoms with Crippen molar-refractivity contribution in [3.8, 4) is 6.07 Å². The van der Waals surface area contributed by atoms with E-state index in [2.05, 4.69) is 10.4 Å². The third kappa shape index (κ3) is 2.04. The van der Waals surface area contributed by atoms with Gasteiger partial charge in [0.25, 0.3) is 5.91 Å². The predicted molar refractivity (Wildman–Crippen MR) is 70.8 cm³/mol. The molecule has 1 aromatic carbocycles. The maximum atomic E-state index is 12.2. The van der Waals surface area contributed by atoms with Crippen molar-refractivity contribution in [3.05, 3.63) is 46.6 Å². The average Bonchev–Trinajstić information content (AvgIpc) is 3.05. The highest BCUT2D eigenvalue weighted by Gasteiger charge is 2.16. The summed E-state index contributed by atoms with van der Waals surface area (Å²) in [6.45, 7) is 1.13. The number of aryl methyl sites for hydroxylation is 1. The van der Waals surface area contributed by atoms with Gasteiger partial charge in [0, 0.05) is 12.6 Å². The highest BCUT2D eigenvalue weighted by Crippen LogP contribution is 2.22. The average molecular weight is 268 g/mol. The van der Waals surface area contributed by atoms with Crippen molar-refractivity contribution < 1.29 is 9.53 Å². The molecular formula is C14H12N4O2. The Morgan fingerprint density at radius 1 is 1.45 bits per heavy atom. The van der Waals surface area contributed by atoms with Gasteiger partial charge in [-0.3, -0.25) is 9.48 Å².